The zero-order chi connectivity index (χ0) is 17.2. The van der Waals surface area contributed by atoms with Crippen molar-refractivity contribution in [3.8, 4) is 11.5 Å². The molecule has 0 heterocycles. The Morgan fingerprint density at radius 2 is 1.64 bits per heavy atom. The van der Waals surface area contributed by atoms with Gasteiger partial charge in [0.05, 0.1) is 14.2 Å². The highest BCUT2D eigenvalue weighted by molar-refractivity contribution is 14.0. The first kappa shape index (κ1) is 21.1. The van der Waals surface area contributed by atoms with Crippen LogP contribution in [0.1, 0.15) is 11.1 Å². The molecular weight excluding hydrogens is 429 g/mol. The standard InChI is InChI=1S/C19H25N3O2.HI/c1-20-19(21-12-11-15-7-5-4-6-8-15)22-14-16-9-10-17(23-2)18(13-16)24-3;/h4-10,13H,11-12,14H2,1-3H3,(H2,20,21,22);1H. The molecule has 136 valence electrons. The summed E-state index contributed by atoms with van der Waals surface area (Å²) in [6, 6.07) is 16.3. The Hall–Kier alpha value is -1.96. The Morgan fingerprint density at radius 3 is 2.28 bits per heavy atom. The summed E-state index contributed by atoms with van der Waals surface area (Å²) in [5.74, 6) is 2.23. The number of hydrogen-bond donors (Lipinski definition) is 2. The van der Waals surface area contributed by atoms with Crippen LogP contribution < -0.4 is 20.1 Å². The summed E-state index contributed by atoms with van der Waals surface area (Å²) in [7, 11) is 5.04. The summed E-state index contributed by atoms with van der Waals surface area (Å²) in [5, 5.41) is 6.63. The molecule has 0 radical (unpaired) electrons. The number of nitrogens with one attached hydrogen (secondary N) is 2. The van der Waals surface area contributed by atoms with E-state index in [-0.39, 0.29) is 24.0 Å². The lowest BCUT2D eigenvalue weighted by atomic mass is 10.1. The van der Waals surface area contributed by atoms with Crippen molar-refractivity contribution in [2.24, 2.45) is 4.99 Å². The van der Waals surface area contributed by atoms with Crippen molar-refractivity contribution in [1.29, 1.82) is 0 Å². The van der Waals surface area contributed by atoms with Gasteiger partial charge < -0.3 is 20.1 Å². The van der Waals surface area contributed by atoms with Gasteiger partial charge in [-0.05, 0) is 29.7 Å². The minimum absolute atomic E-state index is 0. The highest BCUT2D eigenvalue weighted by Crippen LogP contribution is 2.27. The van der Waals surface area contributed by atoms with Crippen molar-refractivity contribution < 1.29 is 9.47 Å². The largest absolute Gasteiger partial charge is 0.493 e. The van der Waals surface area contributed by atoms with Crippen LogP contribution in [-0.2, 0) is 13.0 Å². The van der Waals surface area contributed by atoms with Gasteiger partial charge in [0.1, 0.15) is 0 Å². The van der Waals surface area contributed by atoms with Gasteiger partial charge in [-0.25, -0.2) is 0 Å². The third-order valence-electron chi connectivity index (χ3n) is 3.68. The summed E-state index contributed by atoms with van der Waals surface area (Å²) in [4.78, 5) is 4.25. The lowest BCUT2D eigenvalue weighted by Gasteiger charge is -2.13. The predicted molar refractivity (Wildman–Crippen MR) is 113 cm³/mol. The maximum atomic E-state index is 5.33. The van der Waals surface area contributed by atoms with Crippen molar-refractivity contribution in [3.05, 3.63) is 59.7 Å². The van der Waals surface area contributed by atoms with Crippen LogP contribution in [0.5, 0.6) is 11.5 Å². The Labute approximate surface area is 166 Å². The second-order valence-corrected chi connectivity index (χ2v) is 5.28. The van der Waals surface area contributed by atoms with Crippen LogP contribution in [0.4, 0.5) is 0 Å². The van der Waals surface area contributed by atoms with Gasteiger partial charge in [-0.2, -0.15) is 0 Å². The zero-order valence-electron chi connectivity index (χ0n) is 14.9. The maximum absolute atomic E-state index is 5.33. The minimum Gasteiger partial charge on any atom is -0.493 e. The van der Waals surface area contributed by atoms with Gasteiger partial charge in [-0.3, -0.25) is 4.99 Å². The molecule has 5 nitrogen and oxygen atoms in total. The second-order valence-electron chi connectivity index (χ2n) is 5.28. The molecule has 0 aliphatic heterocycles. The van der Waals surface area contributed by atoms with Gasteiger partial charge >= 0.3 is 0 Å². The van der Waals surface area contributed by atoms with E-state index in [1.54, 1.807) is 21.3 Å². The molecule has 0 fully saturated rings. The Kier molecular flexibility index (Phi) is 9.76. The van der Waals surface area contributed by atoms with Crippen molar-refractivity contribution in [3.63, 3.8) is 0 Å². The average molecular weight is 455 g/mol. The van der Waals surface area contributed by atoms with E-state index in [0.29, 0.717) is 6.54 Å². The molecule has 2 aromatic rings. The van der Waals surface area contributed by atoms with Gasteiger partial charge in [0, 0.05) is 20.1 Å². The molecule has 25 heavy (non-hydrogen) atoms. The quantitative estimate of drug-likeness (QED) is 0.383. The molecule has 2 N–H and O–H groups in total. The number of aliphatic imine (C=N–C) groups is 1. The first-order valence-electron chi connectivity index (χ1n) is 7.96. The lowest BCUT2D eigenvalue weighted by Crippen LogP contribution is -2.37. The molecule has 0 saturated heterocycles. The Bertz CT molecular complexity index is 663. The molecule has 2 rings (SSSR count). The first-order chi connectivity index (χ1) is 11.8. The van der Waals surface area contributed by atoms with E-state index in [0.717, 1.165) is 36.0 Å². The SMILES string of the molecule is CN=C(NCCc1ccccc1)NCc1ccc(OC)c(OC)c1.I. The number of methoxy groups -OCH3 is 2. The van der Waals surface area contributed by atoms with Crippen LogP contribution in [0.25, 0.3) is 0 Å². The second kappa shape index (κ2) is 11.6. The van der Waals surface area contributed by atoms with E-state index < -0.39 is 0 Å². The highest BCUT2D eigenvalue weighted by Gasteiger charge is 2.05. The molecule has 6 heteroatoms. The minimum atomic E-state index is 0. The van der Waals surface area contributed by atoms with Crippen LogP contribution in [0, 0.1) is 0 Å². The third kappa shape index (κ3) is 6.81. The van der Waals surface area contributed by atoms with Crippen molar-refractivity contribution >= 4 is 29.9 Å². The molecule has 0 bridgehead atoms. The number of hydrogen-bond acceptors (Lipinski definition) is 3. The van der Waals surface area contributed by atoms with Gasteiger partial charge in [-0.1, -0.05) is 36.4 Å². The monoisotopic (exact) mass is 455 g/mol. The van der Waals surface area contributed by atoms with Crippen LogP contribution >= 0.6 is 24.0 Å². The topological polar surface area (TPSA) is 54.9 Å². The normalized spacial score (nSPS) is 10.6. The number of guanidine groups is 1. The Morgan fingerprint density at radius 1 is 0.920 bits per heavy atom. The maximum Gasteiger partial charge on any atom is 0.191 e. The number of rotatable bonds is 7. The Balaban J connectivity index is 0.00000312. The average Bonchev–Trinajstić information content (AvgIpc) is 2.65. The number of nitrogens with zero attached hydrogens (tertiary/aromatic N) is 1. The fourth-order valence-electron chi connectivity index (χ4n) is 2.37. The summed E-state index contributed by atoms with van der Waals surface area (Å²) < 4.78 is 10.6. The molecular formula is C19H26IN3O2. The van der Waals surface area contributed by atoms with E-state index in [9.17, 15) is 0 Å². The molecule has 2 aromatic carbocycles. The zero-order valence-corrected chi connectivity index (χ0v) is 17.2. The molecule has 0 aliphatic rings. The van der Waals surface area contributed by atoms with Gasteiger partial charge in [-0.15, -0.1) is 24.0 Å². The summed E-state index contributed by atoms with van der Waals surface area (Å²) in [6.07, 6.45) is 0.956. The molecule has 0 amide bonds. The van der Waals surface area contributed by atoms with E-state index in [1.165, 1.54) is 5.56 Å². The molecule has 0 aromatic heterocycles. The van der Waals surface area contributed by atoms with Gasteiger partial charge in [0.2, 0.25) is 0 Å². The highest BCUT2D eigenvalue weighted by atomic mass is 127. The molecule has 0 spiro atoms. The van der Waals surface area contributed by atoms with E-state index in [2.05, 4.69) is 39.9 Å². The lowest BCUT2D eigenvalue weighted by molar-refractivity contribution is 0.354. The summed E-state index contributed by atoms with van der Waals surface area (Å²) in [6.45, 7) is 1.49. The molecule has 0 aliphatic carbocycles. The van der Waals surface area contributed by atoms with Gasteiger partial charge in [0.15, 0.2) is 17.5 Å². The van der Waals surface area contributed by atoms with Crippen molar-refractivity contribution in [2.45, 2.75) is 13.0 Å². The van der Waals surface area contributed by atoms with Crippen LogP contribution in [0.15, 0.2) is 53.5 Å². The predicted octanol–water partition coefficient (Wildman–Crippen LogP) is 3.23. The van der Waals surface area contributed by atoms with Gasteiger partial charge in [0.25, 0.3) is 0 Å². The molecule has 0 saturated carbocycles. The van der Waals surface area contributed by atoms with Crippen LogP contribution in [-0.4, -0.2) is 33.8 Å². The fraction of sp³-hybridized carbons (Fsp3) is 0.316. The smallest absolute Gasteiger partial charge is 0.191 e. The van der Waals surface area contributed by atoms with E-state index in [1.807, 2.05) is 24.3 Å². The summed E-state index contributed by atoms with van der Waals surface area (Å²) >= 11 is 0. The molecule has 0 unspecified atom stereocenters. The number of halogens is 1. The van der Waals surface area contributed by atoms with Crippen LogP contribution in [0.2, 0.25) is 0 Å². The number of benzene rings is 2. The van der Waals surface area contributed by atoms with Crippen LogP contribution in [0.3, 0.4) is 0 Å². The number of ether oxygens (including phenoxy) is 2. The van der Waals surface area contributed by atoms with Crippen molar-refractivity contribution in [2.75, 3.05) is 27.8 Å². The fourth-order valence-corrected chi connectivity index (χ4v) is 2.37. The molecule has 0 atom stereocenters. The first-order valence-corrected chi connectivity index (χ1v) is 7.96. The van der Waals surface area contributed by atoms with Crippen molar-refractivity contribution in [1.82, 2.24) is 10.6 Å². The summed E-state index contributed by atoms with van der Waals surface area (Å²) in [5.41, 5.74) is 2.40. The van der Waals surface area contributed by atoms with E-state index in [4.69, 9.17) is 9.47 Å². The van der Waals surface area contributed by atoms with E-state index >= 15 is 0 Å². The third-order valence-corrected chi connectivity index (χ3v) is 3.68.